The van der Waals surface area contributed by atoms with Crippen molar-refractivity contribution in [3.05, 3.63) is 54.2 Å². The molecule has 3 N–H and O–H groups in total. The van der Waals surface area contributed by atoms with Gasteiger partial charge in [0.25, 0.3) is 0 Å². The van der Waals surface area contributed by atoms with Gasteiger partial charge in [0.2, 0.25) is 0 Å². The number of aromatic nitrogens is 3. The summed E-state index contributed by atoms with van der Waals surface area (Å²) in [6, 6.07) is 10.6. The SMILES string of the molecule is Cc1nc(-c2cccc(NC(=O)C(=O)NCCc3ccco3)c2)n[nH]1. The maximum absolute atomic E-state index is 12.0. The third-order valence-electron chi connectivity index (χ3n) is 3.42. The largest absolute Gasteiger partial charge is 0.469 e. The van der Waals surface area contributed by atoms with Crippen LogP contribution in [0.4, 0.5) is 5.69 Å². The smallest absolute Gasteiger partial charge is 0.313 e. The number of rotatable bonds is 5. The van der Waals surface area contributed by atoms with Gasteiger partial charge in [-0.05, 0) is 31.2 Å². The maximum Gasteiger partial charge on any atom is 0.313 e. The molecule has 0 saturated heterocycles. The average Bonchev–Trinajstić information content (AvgIpc) is 3.26. The number of hydrogen-bond donors (Lipinski definition) is 3. The molecule has 2 aromatic heterocycles. The second-order valence-corrected chi connectivity index (χ2v) is 5.36. The van der Waals surface area contributed by atoms with Crippen LogP contribution in [0.2, 0.25) is 0 Å². The van der Waals surface area contributed by atoms with Gasteiger partial charge < -0.3 is 15.1 Å². The Hall–Kier alpha value is -3.42. The van der Waals surface area contributed by atoms with E-state index in [4.69, 9.17) is 4.42 Å². The Morgan fingerprint density at radius 1 is 1.20 bits per heavy atom. The quantitative estimate of drug-likeness (QED) is 0.612. The molecule has 0 unspecified atom stereocenters. The van der Waals surface area contributed by atoms with Crippen molar-refractivity contribution in [2.24, 2.45) is 0 Å². The molecule has 0 atom stereocenters. The molecule has 0 saturated carbocycles. The Balaban J connectivity index is 1.56. The number of benzene rings is 1. The predicted molar refractivity (Wildman–Crippen MR) is 90.6 cm³/mol. The molecule has 0 fully saturated rings. The van der Waals surface area contributed by atoms with Crippen LogP contribution < -0.4 is 10.6 Å². The lowest BCUT2D eigenvalue weighted by atomic mass is 10.2. The lowest BCUT2D eigenvalue weighted by Gasteiger charge is -2.07. The number of anilines is 1. The molecule has 2 amide bonds. The second kappa shape index (κ2) is 7.43. The van der Waals surface area contributed by atoms with Gasteiger partial charge in [-0.3, -0.25) is 14.7 Å². The van der Waals surface area contributed by atoms with Gasteiger partial charge in [0, 0.05) is 24.2 Å². The van der Waals surface area contributed by atoms with Crippen LogP contribution in [0.15, 0.2) is 47.1 Å². The molecule has 0 spiro atoms. The zero-order chi connectivity index (χ0) is 17.6. The van der Waals surface area contributed by atoms with E-state index < -0.39 is 11.8 Å². The number of carbonyl (C=O) groups is 2. The molecule has 8 nitrogen and oxygen atoms in total. The first-order chi connectivity index (χ1) is 12.1. The van der Waals surface area contributed by atoms with Crippen LogP contribution in [0, 0.1) is 6.92 Å². The van der Waals surface area contributed by atoms with Crippen molar-refractivity contribution in [1.29, 1.82) is 0 Å². The Labute approximate surface area is 143 Å². The summed E-state index contributed by atoms with van der Waals surface area (Å²) in [5, 5.41) is 11.9. The fourth-order valence-corrected chi connectivity index (χ4v) is 2.23. The zero-order valence-corrected chi connectivity index (χ0v) is 13.6. The summed E-state index contributed by atoms with van der Waals surface area (Å²) >= 11 is 0. The maximum atomic E-state index is 12.0. The van der Waals surface area contributed by atoms with Crippen molar-refractivity contribution in [2.45, 2.75) is 13.3 Å². The number of aryl methyl sites for hydroxylation is 1. The molecule has 3 rings (SSSR count). The highest BCUT2D eigenvalue weighted by atomic mass is 16.3. The summed E-state index contributed by atoms with van der Waals surface area (Å²) in [4.78, 5) is 28.1. The molecule has 0 aliphatic rings. The Kier molecular flexibility index (Phi) is 4.89. The Morgan fingerprint density at radius 3 is 2.80 bits per heavy atom. The Bertz CT molecular complexity index is 870. The standard InChI is InChI=1S/C17H17N5O3/c1-11-19-15(22-21-11)12-4-2-5-13(10-12)20-17(24)16(23)18-8-7-14-6-3-9-25-14/h2-6,9-10H,7-8H2,1H3,(H,18,23)(H,20,24)(H,19,21,22). The molecule has 8 heteroatoms. The molecule has 2 heterocycles. The second-order valence-electron chi connectivity index (χ2n) is 5.36. The van der Waals surface area contributed by atoms with Crippen molar-refractivity contribution in [2.75, 3.05) is 11.9 Å². The summed E-state index contributed by atoms with van der Waals surface area (Å²) < 4.78 is 5.16. The van der Waals surface area contributed by atoms with Crippen LogP contribution in [0.5, 0.6) is 0 Å². The summed E-state index contributed by atoms with van der Waals surface area (Å²) in [6.07, 6.45) is 2.08. The number of nitrogens with one attached hydrogen (secondary N) is 3. The third kappa shape index (κ3) is 4.31. The van der Waals surface area contributed by atoms with E-state index in [1.54, 1.807) is 37.5 Å². The van der Waals surface area contributed by atoms with Crippen molar-refractivity contribution < 1.29 is 14.0 Å². The topological polar surface area (TPSA) is 113 Å². The number of furan rings is 1. The minimum Gasteiger partial charge on any atom is -0.469 e. The van der Waals surface area contributed by atoms with E-state index in [9.17, 15) is 9.59 Å². The van der Waals surface area contributed by atoms with Gasteiger partial charge in [0.05, 0.1) is 6.26 Å². The van der Waals surface area contributed by atoms with E-state index in [1.807, 2.05) is 12.1 Å². The molecule has 0 radical (unpaired) electrons. The molecular formula is C17H17N5O3. The van der Waals surface area contributed by atoms with E-state index in [-0.39, 0.29) is 0 Å². The van der Waals surface area contributed by atoms with Crippen LogP contribution in [-0.2, 0) is 16.0 Å². The predicted octanol–water partition coefficient (Wildman–Crippen LogP) is 1.67. The highest BCUT2D eigenvalue weighted by molar-refractivity contribution is 6.39. The van der Waals surface area contributed by atoms with E-state index in [2.05, 4.69) is 25.8 Å². The summed E-state index contributed by atoms with van der Waals surface area (Å²) in [7, 11) is 0. The number of amides is 2. The van der Waals surface area contributed by atoms with Crippen molar-refractivity contribution >= 4 is 17.5 Å². The first-order valence-corrected chi connectivity index (χ1v) is 7.73. The normalized spacial score (nSPS) is 10.4. The third-order valence-corrected chi connectivity index (χ3v) is 3.42. The molecule has 0 bridgehead atoms. The molecule has 0 aliphatic heterocycles. The molecule has 1 aromatic carbocycles. The fraction of sp³-hybridized carbons (Fsp3) is 0.176. The number of carbonyl (C=O) groups excluding carboxylic acids is 2. The Morgan fingerprint density at radius 2 is 2.08 bits per heavy atom. The summed E-state index contributed by atoms with van der Waals surface area (Å²) in [5.74, 6) is 0.528. The van der Waals surface area contributed by atoms with Gasteiger partial charge in [-0.1, -0.05) is 12.1 Å². The lowest BCUT2D eigenvalue weighted by Crippen LogP contribution is -2.36. The van der Waals surface area contributed by atoms with E-state index in [1.165, 1.54) is 0 Å². The molecule has 3 aromatic rings. The highest BCUT2D eigenvalue weighted by Crippen LogP contribution is 2.19. The molecule has 128 valence electrons. The van der Waals surface area contributed by atoms with E-state index >= 15 is 0 Å². The minimum atomic E-state index is -0.734. The van der Waals surface area contributed by atoms with Crippen LogP contribution in [0.3, 0.4) is 0 Å². The lowest BCUT2D eigenvalue weighted by molar-refractivity contribution is -0.136. The number of hydrogen-bond acceptors (Lipinski definition) is 5. The zero-order valence-electron chi connectivity index (χ0n) is 13.6. The van der Waals surface area contributed by atoms with Gasteiger partial charge in [-0.2, -0.15) is 5.10 Å². The van der Waals surface area contributed by atoms with Crippen molar-refractivity contribution in [3.8, 4) is 11.4 Å². The minimum absolute atomic E-state index is 0.316. The van der Waals surface area contributed by atoms with Crippen LogP contribution >= 0.6 is 0 Å². The van der Waals surface area contributed by atoms with Crippen molar-refractivity contribution in [3.63, 3.8) is 0 Å². The van der Waals surface area contributed by atoms with Crippen molar-refractivity contribution in [1.82, 2.24) is 20.5 Å². The fourth-order valence-electron chi connectivity index (χ4n) is 2.23. The monoisotopic (exact) mass is 339 g/mol. The summed E-state index contributed by atoms with van der Waals surface area (Å²) in [6.45, 7) is 2.12. The molecular weight excluding hydrogens is 322 g/mol. The van der Waals surface area contributed by atoms with Gasteiger partial charge >= 0.3 is 11.8 Å². The van der Waals surface area contributed by atoms with E-state index in [0.717, 1.165) is 11.3 Å². The number of aromatic amines is 1. The molecule has 25 heavy (non-hydrogen) atoms. The first-order valence-electron chi connectivity index (χ1n) is 7.73. The molecule has 0 aliphatic carbocycles. The first kappa shape index (κ1) is 16.4. The van der Waals surface area contributed by atoms with Crippen LogP contribution in [0.1, 0.15) is 11.6 Å². The number of nitrogens with zero attached hydrogens (tertiary/aromatic N) is 2. The van der Waals surface area contributed by atoms with E-state index in [0.29, 0.717) is 30.3 Å². The number of H-pyrrole nitrogens is 1. The highest BCUT2D eigenvalue weighted by Gasteiger charge is 2.14. The van der Waals surface area contributed by atoms with Crippen LogP contribution in [0.25, 0.3) is 11.4 Å². The van der Waals surface area contributed by atoms with Gasteiger partial charge in [-0.25, -0.2) is 4.98 Å². The average molecular weight is 339 g/mol. The van der Waals surface area contributed by atoms with Gasteiger partial charge in [-0.15, -0.1) is 0 Å². The van der Waals surface area contributed by atoms with Crippen LogP contribution in [-0.4, -0.2) is 33.5 Å². The van der Waals surface area contributed by atoms with Gasteiger partial charge in [0.15, 0.2) is 5.82 Å². The van der Waals surface area contributed by atoms with Gasteiger partial charge in [0.1, 0.15) is 11.6 Å². The summed E-state index contributed by atoms with van der Waals surface area (Å²) in [5.41, 5.74) is 1.23.